The topological polar surface area (TPSA) is 280 Å². The van der Waals surface area contributed by atoms with E-state index in [9.17, 15) is 35.7 Å². The summed E-state index contributed by atoms with van der Waals surface area (Å²) in [7, 11) is 0. The molecule has 0 aromatic carbocycles. The van der Waals surface area contributed by atoms with Gasteiger partial charge >= 0.3 is 0 Å². The Bertz CT molecular complexity index is 565. The van der Waals surface area contributed by atoms with E-state index >= 15 is 0 Å². The summed E-state index contributed by atoms with van der Waals surface area (Å²) in [6, 6.07) is 0. The van der Waals surface area contributed by atoms with Gasteiger partial charge < -0.3 is 80.2 Å². The molecule has 0 saturated carbocycles. The molecule has 14 atom stereocenters. The molecule has 1 unspecified atom stereocenters. The van der Waals surface area contributed by atoms with Crippen molar-refractivity contribution in [1.29, 1.82) is 0 Å². The molecular weight excluding hydrogens is 460 g/mol. The van der Waals surface area contributed by atoms with Crippen molar-refractivity contribution in [2.75, 3.05) is 19.8 Å². The molecule has 0 radical (unpaired) electrons. The van der Waals surface area contributed by atoms with Gasteiger partial charge in [0.25, 0.3) is 0 Å². The van der Waals surface area contributed by atoms with Gasteiger partial charge in [0, 0.05) is 0 Å². The predicted octanol–water partition coefficient (Wildman–Crippen LogP) is -7.98. The number of hydrogen-bond donors (Lipinski definition) is 12. The van der Waals surface area contributed by atoms with Crippen LogP contribution in [0.15, 0.2) is 0 Å². The summed E-state index contributed by atoms with van der Waals surface area (Å²) in [5.74, 6) is 0. The molecule has 196 valence electrons. The van der Waals surface area contributed by atoms with Crippen LogP contribution in [0.5, 0.6) is 0 Å². The average molecular weight is 492 g/mol. The van der Waals surface area contributed by atoms with Crippen molar-refractivity contribution < 1.29 is 80.2 Å². The number of aliphatic hydroxyl groups excluding tert-OH is 12. The third-order valence-electron chi connectivity index (χ3n) is 5.45. The normalized spacial score (nSPS) is 50.9. The fourth-order valence-electron chi connectivity index (χ4n) is 3.36. The highest BCUT2D eigenvalue weighted by molar-refractivity contribution is 4.93. The van der Waals surface area contributed by atoms with Crippen molar-refractivity contribution in [1.82, 2.24) is 0 Å². The van der Waals surface area contributed by atoms with Crippen LogP contribution in [0.1, 0.15) is 0 Å². The summed E-state index contributed by atoms with van der Waals surface area (Å²) in [6.45, 7) is -1.50. The first-order valence-corrected chi connectivity index (χ1v) is 10.0. The fraction of sp³-hybridized carbons (Fsp3) is 1.00. The Morgan fingerprint density at radius 2 is 1.15 bits per heavy atom. The van der Waals surface area contributed by atoms with Crippen LogP contribution in [0.2, 0.25) is 0 Å². The van der Waals surface area contributed by atoms with Gasteiger partial charge in [-0.2, -0.15) is 0 Å². The zero-order valence-electron chi connectivity index (χ0n) is 17.2. The minimum atomic E-state index is -1.74. The van der Waals surface area contributed by atoms with Crippen LogP contribution in [0.25, 0.3) is 0 Å². The SMILES string of the molecule is OC1OC[C@@H](O)[C@H](O)[C@H]1O.OC[C@H]1O[C@@H](O[C@H]2[C@H](O)[C@@H](O)[C@H](O)O[C@@H]2CO)[C@H](O)[C@@H](O)[C@@H]1O. The second-order valence-corrected chi connectivity index (χ2v) is 7.80. The van der Waals surface area contributed by atoms with E-state index in [-0.39, 0.29) is 6.61 Å². The molecule has 3 heterocycles. The standard InChI is InChI=1S/C12H22O11.C5H10O5/c13-1-3-5(15)6(16)9(19)12(22-3)23-10-4(2-14)21-11(20)8(18)7(10)17;6-2-1-10-5(9)4(8)3(2)7/h3-20H,1-2H2;2-9H,1H2/t3-,4-,5-,6+,7-,8-,9-,10-,11-,12+;2-,3+,4-,5?/m11/s1. The summed E-state index contributed by atoms with van der Waals surface area (Å²) in [6.07, 6.45) is -20.8. The maximum Gasteiger partial charge on any atom is 0.187 e. The predicted molar refractivity (Wildman–Crippen MR) is 98.6 cm³/mol. The molecule has 0 amide bonds. The van der Waals surface area contributed by atoms with E-state index in [0.29, 0.717) is 0 Å². The van der Waals surface area contributed by atoms with Crippen molar-refractivity contribution >= 4 is 0 Å². The largest absolute Gasteiger partial charge is 0.394 e. The molecular formula is C17H32O16. The van der Waals surface area contributed by atoms with E-state index in [4.69, 9.17) is 39.7 Å². The van der Waals surface area contributed by atoms with Gasteiger partial charge in [0.2, 0.25) is 0 Å². The number of aliphatic hydroxyl groups is 12. The molecule has 3 fully saturated rings. The summed E-state index contributed by atoms with van der Waals surface area (Å²) in [4.78, 5) is 0. The molecule has 0 aromatic rings. The third-order valence-corrected chi connectivity index (χ3v) is 5.45. The second kappa shape index (κ2) is 12.4. The molecule has 0 spiro atoms. The molecule has 3 aliphatic heterocycles. The Balaban J connectivity index is 0.000000321. The first-order chi connectivity index (χ1) is 15.4. The molecule has 0 aromatic heterocycles. The molecule has 3 rings (SSSR count). The number of ether oxygens (including phenoxy) is 4. The van der Waals surface area contributed by atoms with Gasteiger partial charge in [0.05, 0.1) is 19.8 Å². The van der Waals surface area contributed by atoms with E-state index in [2.05, 4.69) is 4.74 Å². The van der Waals surface area contributed by atoms with E-state index < -0.39 is 99.2 Å². The van der Waals surface area contributed by atoms with E-state index in [0.717, 1.165) is 0 Å². The first-order valence-electron chi connectivity index (χ1n) is 10.0. The van der Waals surface area contributed by atoms with Crippen LogP contribution >= 0.6 is 0 Å². The minimum Gasteiger partial charge on any atom is -0.394 e. The maximum atomic E-state index is 9.94. The molecule has 3 aliphatic rings. The second-order valence-electron chi connectivity index (χ2n) is 7.80. The Hall–Kier alpha value is -0.640. The summed E-state index contributed by atoms with van der Waals surface area (Å²) in [5.41, 5.74) is 0. The zero-order chi connectivity index (χ0) is 25.0. The van der Waals surface area contributed by atoms with Crippen LogP contribution in [0, 0.1) is 0 Å². The van der Waals surface area contributed by atoms with Gasteiger partial charge in [-0.3, -0.25) is 0 Å². The Kier molecular flexibility index (Phi) is 10.7. The Morgan fingerprint density at radius 3 is 1.70 bits per heavy atom. The lowest BCUT2D eigenvalue weighted by Gasteiger charge is -2.45. The van der Waals surface area contributed by atoms with Crippen LogP contribution in [0.4, 0.5) is 0 Å². The van der Waals surface area contributed by atoms with Crippen molar-refractivity contribution in [2.45, 2.75) is 86.0 Å². The van der Waals surface area contributed by atoms with Gasteiger partial charge in [-0.1, -0.05) is 0 Å². The minimum absolute atomic E-state index is 0.153. The fourth-order valence-corrected chi connectivity index (χ4v) is 3.36. The molecule has 3 saturated heterocycles. The van der Waals surface area contributed by atoms with Gasteiger partial charge in [-0.15, -0.1) is 0 Å². The quantitative estimate of drug-likeness (QED) is 0.173. The number of hydrogen-bond acceptors (Lipinski definition) is 16. The molecule has 0 aliphatic carbocycles. The summed E-state index contributed by atoms with van der Waals surface area (Å²) < 4.78 is 19.7. The third kappa shape index (κ3) is 6.53. The first kappa shape index (κ1) is 28.6. The van der Waals surface area contributed by atoms with Crippen LogP contribution < -0.4 is 0 Å². The van der Waals surface area contributed by atoms with Crippen LogP contribution in [-0.2, 0) is 18.9 Å². The molecule has 0 bridgehead atoms. The van der Waals surface area contributed by atoms with Crippen molar-refractivity contribution in [3.63, 3.8) is 0 Å². The lowest BCUT2D eigenvalue weighted by atomic mass is 9.97. The van der Waals surface area contributed by atoms with Gasteiger partial charge in [0.15, 0.2) is 18.9 Å². The zero-order valence-corrected chi connectivity index (χ0v) is 17.2. The maximum absolute atomic E-state index is 9.94. The van der Waals surface area contributed by atoms with Gasteiger partial charge in [-0.05, 0) is 0 Å². The molecule has 16 heteroatoms. The van der Waals surface area contributed by atoms with Crippen LogP contribution in [-0.4, -0.2) is 167 Å². The highest BCUT2D eigenvalue weighted by Gasteiger charge is 2.50. The van der Waals surface area contributed by atoms with Crippen molar-refractivity contribution in [2.24, 2.45) is 0 Å². The molecule has 12 N–H and O–H groups in total. The Labute approximate surface area is 187 Å². The summed E-state index contributed by atoms with van der Waals surface area (Å²) >= 11 is 0. The van der Waals surface area contributed by atoms with Gasteiger partial charge in [0.1, 0.15) is 67.1 Å². The molecule has 33 heavy (non-hydrogen) atoms. The summed E-state index contributed by atoms with van der Waals surface area (Å²) in [5, 5.41) is 112. The Morgan fingerprint density at radius 1 is 0.576 bits per heavy atom. The monoisotopic (exact) mass is 492 g/mol. The number of rotatable bonds is 4. The highest BCUT2D eigenvalue weighted by Crippen LogP contribution is 2.28. The van der Waals surface area contributed by atoms with E-state index in [1.165, 1.54) is 0 Å². The van der Waals surface area contributed by atoms with Crippen LogP contribution in [0.3, 0.4) is 0 Å². The highest BCUT2D eigenvalue weighted by atomic mass is 16.7. The van der Waals surface area contributed by atoms with E-state index in [1.54, 1.807) is 0 Å². The lowest BCUT2D eigenvalue weighted by Crippen LogP contribution is -2.64. The lowest BCUT2D eigenvalue weighted by molar-refractivity contribution is -0.355. The average Bonchev–Trinajstić information content (AvgIpc) is 2.80. The van der Waals surface area contributed by atoms with Crippen molar-refractivity contribution in [3.05, 3.63) is 0 Å². The van der Waals surface area contributed by atoms with Crippen molar-refractivity contribution in [3.8, 4) is 0 Å². The smallest absolute Gasteiger partial charge is 0.187 e. The molecule has 16 nitrogen and oxygen atoms in total. The van der Waals surface area contributed by atoms with E-state index in [1.807, 2.05) is 0 Å². The van der Waals surface area contributed by atoms with Gasteiger partial charge in [-0.25, -0.2) is 0 Å².